The van der Waals surface area contributed by atoms with E-state index in [1.165, 1.54) is 0 Å². The van der Waals surface area contributed by atoms with E-state index in [0.29, 0.717) is 46.2 Å². The molecule has 0 aliphatic rings. The van der Waals surface area contributed by atoms with Crippen molar-refractivity contribution in [1.82, 2.24) is 0 Å². The lowest BCUT2D eigenvalue weighted by atomic mass is 9.95. The van der Waals surface area contributed by atoms with Crippen molar-refractivity contribution in [2.24, 2.45) is 5.92 Å². The predicted molar refractivity (Wildman–Crippen MR) is 151 cm³/mol. The topological polar surface area (TPSA) is 76.5 Å². The SMILES string of the molecule is Cc1ccc(C(=O)Oc2ccccc2)c(C(=N)CC(C)C)c1.Cc1ccc(C(=O)Oc2ccccc2)cc1. The second-order valence-corrected chi connectivity index (χ2v) is 9.40. The van der Waals surface area contributed by atoms with Gasteiger partial charge in [-0.15, -0.1) is 0 Å². The van der Waals surface area contributed by atoms with E-state index in [-0.39, 0.29) is 5.97 Å². The van der Waals surface area contributed by atoms with E-state index in [9.17, 15) is 9.59 Å². The van der Waals surface area contributed by atoms with Crippen LogP contribution in [-0.2, 0) is 0 Å². The monoisotopic (exact) mass is 507 g/mol. The van der Waals surface area contributed by atoms with Gasteiger partial charge in [-0.25, -0.2) is 9.59 Å². The summed E-state index contributed by atoms with van der Waals surface area (Å²) in [6.07, 6.45) is 0.634. The van der Waals surface area contributed by atoms with Crippen LogP contribution in [0.5, 0.6) is 11.5 Å². The molecule has 0 bridgehead atoms. The van der Waals surface area contributed by atoms with Crippen LogP contribution in [0.1, 0.15) is 57.7 Å². The van der Waals surface area contributed by atoms with Crippen molar-refractivity contribution >= 4 is 17.7 Å². The number of hydrogen-bond donors (Lipinski definition) is 1. The number of aryl methyl sites for hydroxylation is 2. The molecular weight excluding hydrogens is 474 g/mol. The van der Waals surface area contributed by atoms with Crippen LogP contribution in [0.2, 0.25) is 0 Å². The van der Waals surface area contributed by atoms with Crippen molar-refractivity contribution in [3.8, 4) is 11.5 Å². The van der Waals surface area contributed by atoms with Crippen LogP contribution in [-0.4, -0.2) is 17.7 Å². The van der Waals surface area contributed by atoms with Gasteiger partial charge in [0.1, 0.15) is 11.5 Å². The van der Waals surface area contributed by atoms with Gasteiger partial charge in [-0.1, -0.05) is 79.6 Å². The van der Waals surface area contributed by atoms with Crippen LogP contribution >= 0.6 is 0 Å². The summed E-state index contributed by atoms with van der Waals surface area (Å²) in [5, 5.41) is 8.26. The van der Waals surface area contributed by atoms with Crippen molar-refractivity contribution in [2.45, 2.75) is 34.1 Å². The van der Waals surface area contributed by atoms with Gasteiger partial charge in [0, 0.05) is 11.3 Å². The zero-order valence-electron chi connectivity index (χ0n) is 22.2. The quantitative estimate of drug-likeness (QED) is 0.157. The van der Waals surface area contributed by atoms with Crippen LogP contribution in [0.3, 0.4) is 0 Å². The van der Waals surface area contributed by atoms with Gasteiger partial charge in [0.05, 0.1) is 11.1 Å². The lowest BCUT2D eigenvalue weighted by molar-refractivity contribution is 0.0725. The number of hydrogen-bond acceptors (Lipinski definition) is 5. The molecule has 4 aromatic rings. The molecule has 0 amide bonds. The Bertz CT molecular complexity index is 1360. The minimum atomic E-state index is -0.422. The molecule has 1 N–H and O–H groups in total. The summed E-state index contributed by atoms with van der Waals surface area (Å²) >= 11 is 0. The highest BCUT2D eigenvalue weighted by Crippen LogP contribution is 2.19. The second-order valence-electron chi connectivity index (χ2n) is 9.40. The fourth-order valence-corrected chi connectivity index (χ4v) is 3.60. The number of rotatable bonds is 7. The molecule has 0 fully saturated rings. The van der Waals surface area contributed by atoms with Crippen molar-refractivity contribution in [1.29, 1.82) is 5.41 Å². The molecule has 0 aromatic heterocycles. The Morgan fingerprint density at radius 3 is 1.68 bits per heavy atom. The molecule has 5 nitrogen and oxygen atoms in total. The third-order valence-electron chi connectivity index (χ3n) is 5.53. The van der Waals surface area contributed by atoms with Crippen LogP contribution < -0.4 is 9.47 Å². The fourth-order valence-electron chi connectivity index (χ4n) is 3.60. The standard InChI is InChI=1S/C19H21NO2.C14H12O2/c1-13(2)11-18(20)17-12-14(3)9-10-16(17)19(21)22-15-7-5-4-6-8-15;1-11-7-9-12(10-8-11)14(15)16-13-5-3-2-4-6-13/h4-10,12-13,20H,11H2,1-3H3;2-10H,1H3. The van der Waals surface area contributed by atoms with Gasteiger partial charge in [-0.2, -0.15) is 0 Å². The van der Waals surface area contributed by atoms with E-state index in [0.717, 1.165) is 11.1 Å². The van der Waals surface area contributed by atoms with E-state index in [4.69, 9.17) is 14.9 Å². The summed E-state index contributed by atoms with van der Waals surface area (Å²) in [7, 11) is 0. The molecule has 0 aliphatic carbocycles. The maximum atomic E-state index is 12.4. The Morgan fingerprint density at radius 2 is 1.16 bits per heavy atom. The lowest BCUT2D eigenvalue weighted by Gasteiger charge is -2.13. The molecule has 0 aliphatic heterocycles. The number of ether oxygens (including phenoxy) is 2. The molecule has 194 valence electrons. The molecule has 0 heterocycles. The number of para-hydroxylation sites is 2. The third-order valence-corrected chi connectivity index (χ3v) is 5.53. The average molecular weight is 508 g/mol. The number of carbonyl (C=O) groups is 2. The van der Waals surface area contributed by atoms with Gasteiger partial charge >= 0.3 is 11.9 Å². The summed E-state index contributed by atoms with van der Waals surface area (Å²) in [4.78, 5) is 24.1. The van der Waals surface area contributed by atoms with Crippen LogP contribution in [0.25, 0.3) is 0 Å². The average Bonchev–Trinajstić information content (AvgIpc) is 2.90. The first-order valence-electron chi connectivity index (χ1n) is 12.5. The summed E-state index contributed by atoms with van der Waals surface area (Å²) in [5.41, 5.74) is 4.29. The lowest BCUT2D eigenvalue weighted by Crippen LogP contribution is -2.15. The Morgan fingerprint density at radius 1 is 0.658 bits per heavy atom. The zero-order valence-corrected chi connectivity index (χ0v) is 22.2. The van der Waals surface area contributed by atoms with Crippen molar-refractivity contribution in [2.75, 3.05) is 0 Å². The maximum Gasteiger partial charge on any atom is 0.344 e. The fraction of sp³-hybridized carbons (Fsp3) is 0.182. The first kappa shape index (κ1) is 28.1. The molecule has 5 heteroatoms. The van der Waals surface area contributed by atoms with Gasteiger partial charge < -0.3 is 14.9 Å². The Labute approximate surface area is 224 Å². The van der Waals surface area contributed by atoms with E-state index in [1.807, 2.05) is 74.5 Å². The van der Waals surface area contributed by atoms with E-state index < -0.39 is 5.97 Å². The Hall–Kier alpha value is -4.51. The van der Waals surface area contributed by atoms with Crippen molar-refractivity contribution < 1.29 is 19.1 Å². The second kappa shape index (κ2) is 13.7. The molecule has 38 heavy (non-hydrogen) atoms. The van der Waals surface area contributed by atoms with Gasteiger partial charge in [0.15, 0.2) is 0 Å². The predicted octanol–water partition coefficient (Wildman–Crippen LogP) is 7.84. The van der Waals surface area contributed by atoms with Gasteiger partial charge in [-0.3, -0.25) is 0 Å². The Balaban J connectivity index is 0.000000221. The molecule has 0 saturated heterocycles. The number of nitrogens with one attached hydrogen (secondary N) is 1. The highest BCUT2D eigenvalue weighted by atomic mass is 16.5. The minimum absolute atomic E-state index is 0.328. The normalized spacial score (nSPS) is 10.2. The minimum Gasteiger partial charge on any atom is -0.423 e. The summed E-state index contributed by atoms with van der Waals surface area (Å²) in [6.45, 7) is 8.06. The van der Waals surface area contributed by atoms with Crippen LogP contribution in [0, 0.1) is 25.2 Å². The first-order valence-corrected chi connectivity index (χ1v) is 12.5. The zero-order chi connectivity index (χ0) is 27.5. The summed E-state index contributed by atoms with van der Waals surface area (Å²) in [5.74, 6) is 0.689. The van der Waals surface area contributed by atoms with Crippen molar-refractivity contribution in [3.63, 3.8) is 0 Å². The largest absolute Gasteiger partial charge is 0.423 e. The molecule has 0 atom stereocenters. The summed E-state index contributed by atoms with van der Waals surface area (Å²) < 4.78 is 10.6. The van der Waals surface area contributed by atoms with Gasteiger partial charge in [-0.05, 0) is 74.7 Å². The van der Waals surface area contributed by atoms with E-state index >= 15 is 0 Å². The molecule has 4 rings (SSSR count). The highest BCUT2D eigenvalue weighted by Gasteiger charge is 2.17. The Kier molecular flexibility index (Phi) is 10.1. The summed E-state index contributed by atoms with van der Waals surface area (Å²) in [6, 6.07) is 30.8. The number of esters is 2. The maximum absolute atomic E-state index is 12.4. The highest BCUT2D eigenvalue weighted by molar-refractivity contribution is 6.08. The van der Waals surface area contributed by atoms with Gasteiger partial charge in [0.25, 0.3) is 0 Å². The number of carbonyl (C=O) groups excluding carboxylic acids is 2. The van der Waals surface area contributed by atoms with Crippen LogP contribution in [0.4, 0.5) is 0 Å². The molecule has 0 saturated carbocycles. The molecule has 0 radical (unpaired) electrons. The molecule has 0 unspecified atom stereocenters. The number of benzene rings is 4. The van der Waals surface area contributed by atoms with Crippen LogP contribution in [0.15, 0.2) is 103 Å². The third kappa shape index (κ3) is 8.56. The molecular formula is C33H33NO4. The van der Waals surface area contributed by atoms with E-state index in [1.54, 1.807) is 42.5 Å². The molecule has 0 spiro atoms. The smallest absolute Gasteiger partial charge is 0.344 e. The van der Waals surface area contributed by atoms with Gasteiger partial charge in [0.2, 0.25) is 0 Å². The first-order chi connectivity index (χ1) is 18.2. The van der Waals surface area contributed by atoms with Crippen molar-refractivity contribution in [3.05, 3.63) is 131 Å². The van der Waals surface area contributed by atoms with E-state index in [2.05, 4.69) is 13.8 Å². The molecule has 4 aromatic carbocycles.